The van der Waals surface area contributed by atoms with Crippen molar-refractivity contribution in [2.45, 2.75) is 27.2 Å². The highest BCUT2D eigenvalue weighted by molar-refractivity contribution is 5.77. The Hall–Kier alpha value is -1.55. The van der Waals surface area contributed by atoms with Crippen LogP contribution in [0.3, 0.4) is 0 Å². The first kappa shape index (κ1) is 15.5. The molecule has 1 amide bonds. The van der Waals surface area contributed by atoms with E-state index in [9.17, 15) is 4.79 Å². The van der Waals surface area contributed by atoms with Gasteiger partial charge in [-0.2, -0.15) is 0 Å². The molecule has 0 atom stereocenters. The maximum Gasteiger partial charge on any atom is 0.257 e. The summed E-state index contributed by atoms with van der Waals surface area (Å²) in [6.45, 7) is 7.98. The molecule has 0 unspecified atom stereocenters. The van der Waals surface area contributed by atoms with E-state index < -0.39 is 0 Å². The predicted molar refractivity (Wildman–Crippen MR) is 75.5 cm³/mol. The van der Waals surface area contributed by atoms with Crippen molar-refractivity contribution < 1.29 is 14.3 Å². The zero-order chi connectivity index (χ0) is 14.1. The number of benzene rings is 1. The molecule has 0 aliphatic carbocycles. The third-order valence-corrected chi connectivity index (χ3v) is 2.69. The molecule has 0 saturated carbocycles. The van der Waals surface area contributed by atoms with Crippen molar-refractivity contribution in [1.82, 2.24) is 5.32 Å². The minimum Gasteiger partial charge on any atom is -0.483 e. The molecule has 4 heteroatoms. The molecule has 0 aliphatic rings. The lowest BCUT2D eigenvalue weighted by molar-refractivity contribution is -0.123. The lowest BCUT2D eigenvalue weighted by Crippen LogP contribution is -2.30. The van der Waals surface area contributed by atoms with E-state index in [1.54, 1.807) is 0 Å². The first-order valence-corrected chi connectivity index (χ1v) is 6.68. The number of aryl methyl sites for hydroxylation is 2. The minimum atomic E-state index is -0.0996. The number of rotatable bonds is 8. The zero-order valence-electron chi connectivity index (χ0n) is 12.0. The third kappa shape index (κ3) is 6.25. The van der Waals surface area contributed by atoms with Crippen LogP contribution < -0.4 is 10.1 Å². The van der Waals surface area contributed by atoms with Gasteiger partial charge in [-0.25, -0.2) is 0 Å². The molecule has 19 heavy (non-hydrogen) atoms. The van der Waals surface area contributed by atoms with Gasteiger partial charge in [-0.3, -0.25) is 4.79 Å². The van der Waals surface area contributed by atoms with Gasteiger partial charge < -0.3 is 14.8 Å². The molecule has 1 aromatic rings. The monoisotopic (exact) mass is 265 g/mol. The first-order valence-electron chi connectivity index (χ1n) is 6.68. The molecule has 1 N–H and O–H groups in total. The smallest absolute Gasteiger partial charge is 0.257 e. The number of hydrogen-bond acceptors (Lipinski definition) is 3. The summed E-state index contributed by atoms with van der Waals surface area (Å²) in [5.74, 6) is 0.668. The van der Waals surface area contributed by atoms with Crippen molar-refractivity contribution in [3.05, 3.63) is 29.3 Å². The molecule has 0 aromatic heterocycles. The molecular formula is C15H23NO3. The van der Waals surface area contributed by atoms with E-state index in [-0.39, 0.29) is 12.5 Å². The molecule has 0 saturated heterocycles. The van der Waals surface area contributed by atoms with Crippen molar-refractivity contribution in [2.24, 2.45) is 0 Å². The topological polar surface area (TPSA) is 47.6 Å². The van der Waals surface area contributed by atoms with Gasteiger partial charge in [0.05, 0.1) is 0 Å². The fourth-order valence-electron chi connectivity index (χ4n) is 1.60. The predicted octanol–water partition coefficient (Wildman–Crippen LogP) is 2.23. The van der Waals surface area contributed by atoms with Crippen LogP contribution >= 0.6 is 0 Å². The fraction of sp³-hybridized carbons (Fsp3) is 0.533. The van der Waals surface area contributed by atoms with Gasteiger partial charge >= 0.3 is 0 Å². The van der Waals surface area contributed by atoms with Crippen molar-refractivity contribution in [2.75, 3.05) is 26.4 Å². The zero-order valence-corrected chi connectivity index (χ0v) is 12.0. The summed E-state index contributed by atoms with van der Waals surface area (Å²) in [4.78, 5) is 11.6. The van der Waals surface area contributed by atoms with E-state index in [0.29, 0.717) is 19.8 Å². The SMILES string of the molecule is CCOCCCNC(=O)COc1cc(C)ccc1C. The van der Waals surface area contributed by atoms with Crippen LogP contribution in [0.4, 0.5) is 0 Å². The Labute approximate surface area is 115 Å². The number of carbonyl (C=O) groups is 1. The van der Waals surface area contributed by atoms with Crippen LogP contribution in [-0.2, 0) is 9.53 Å². The Kier molecular flexibility index (Phi) is 6.97. The number of amides is 1. The van der Waals surface area contributed by atoms with Crippen LogP contribution in [0.1, 0.15) is 24.5 Å². The number of nitrogens with one attached hydrogen (secondary N) is 1. The summed E-state index contributed by atoms with van der Waals surface area (Å²) in [6.07, 6.45) is 0.822. The van der Waals surface area contributed by atoms with Crippen molar-refractivity contribution in [3.8, 4) is 5.75 Å². The largest absolute Gasteiger partial charge is 0.483 e. The highest BCUT2D eigenvalue weighted by atomic mass is 16.5. The van der Waals surface area contributed by atoms with Gasteiger partial charge in [0.1, 0.15) is 5.75 Å². The maximum absolute atomic E-state index is 11.6. The van der Waals surface area contributed by atoms with Gasteiger partial charge in [0, 0.05) is 19.8 Å². The van der Waals surface area contributed by atoms with E-state index in [4.69, 9.17) is 9.47 Å². The minimum absolute atomic E-state index is 0.0545. The van der Waals surface area contributed by atoms with Crippen LogP contribution in [0.15, 0.2) is 18.2 Å². The van der Waals surface area contributed by atoms with Crippen LogP contribution in [0.2, 0.25) is 0 Å². The standard InChI is InChI=1S/C15H23NO3/c1-4-18-9-5-8-16-15(17)11-19-14-10-12(2)6-7-13(14)3/h6-7,10H,4-5,8-9,11H2,1-3H3,(H,16,17). The molecule has 0 spiro atoms. The van der Waals surface area contributed by atoms with Gasteiger partial charge in [0.15, 0.2) is 6.61 Å². The normalized spacial score (nSPS) is 10.3. The Morgan fingerprint density at radius 1 is 1.32 bits per heavy atom. The number of hydrogen-bond donors (Lipinski definition) is 1. The molecule has 0 fully saturated rings. The summed E-state index contributed by atoms with van der Waals surface area (Å²) in [6, 6.07) is 5.96. The third-order valence-electron chi connectivity index (χ3n) is 2.69. The van der Waals surface area contributed by atoms with Gasteiger partial charge in [-0.05, 0) is 44.4 Å². The number of ether oxygens (including phenoxy) is 2. The second-order valence-corrected chi connectivity index (χ2v) is 4.46. The molecule has 4 nitrogen and oxygen atoms in total. The number of carbonyl (C=O) groups excluding carboxylic acids is 1. The Balaban J connectivity index is 2.24. The Morgan fingerprint density at radius 2 is 2.11 bits per heavy atom. The van der Waals surface area contributed by atoms with Gasteiger partial charge in [-0.15, -0.1) is 0 Å². The van der Waals surface area contributed by atoms with E-state index in [1.165, 1.54) is 0 Å². The van der Waals surface area contributed by atoms with Crippen LogP contribution in [0, 0.1) is 13.8 Å². The fourth-order valence-corrected chi connectivity index (χ4v) is 1.60. The van der Waals surface area contributed by atoms with Crippen molar-refractivity contribution in [3.63, 3.8) is 0 Å². The first-order chi connectivity index (χ1) is 9.13. The van der Waals surface area contributed by atoms with Crippen molar-refractivity contribution >= 4 is 5.91 Å². The van der Waals surface area contributed by atoms with Crippen LogP contribution in [-0.4, -0.2) is 32.3 Å². The maximum atomic E-state index is 11.6. The lowest BCUT2D eigenvalue weighted by Gasteiger charge is -2.10. The molecule has 0 heterocycles. The quantitative estimate of drug-likeness (QED) is 0.733. The summed E-state index contributed by atoms with van der Waals surface area (Å²) < 4.78 is 10.7. The summed E-state index contributed by atoms with van der Waals surface area (Å²) in [7, 11) is 0. The summed E-state index contributed by atoms with van der Waals surface area (Å²) in [5, 5.41) is 2.80. The van der Waals surface area contributed by atoms with E-state index in [1.807, 2.05) is 39.0 Å². The highest BCUT2D eigenvalue weighted by Gasteiger charge is 2.04. The van der Waals surface area contributed by atoms with Gasteiger partial charge in [0.25, 0.3) is 5.91 Å². The lowest BCUT2D eigenvalue weighted by atomic mass is 10.1. The Bertz CT molecular complexity index is 404. The second kappa shape index (κ2) is 8.53. The molecule has 1 rings (SSSR count). The van der Waals surface area contributed by atoms with Crippen LogP contribution in [0.25, 0.3) is 0 Å². The molecule has 1 aromatic carbocycles. The van der Waals surface area contributed by atoms with Gasteiger partial charge in [-0.1, -0.05) is 12.1 Å². The average Bonchev–Trinajstić information content (AvgIpc) is 2.39. The summed E-state index contributed by atoms with van der Waals surface area (Å²) in [5.41, 5.74) is 2.16. The summed E-state index contributed by atoms with van der Waals surface area (Å²) >= 11 is 0. The van der Waals surface area contributed by atoms with E-state index in [2.05, 4.69) is 5.32 Å². The molecule has 0 bridgehead atoms. The van der Waals surface area contributed by atoms with Crippen LogP contribution in [0.5, 0.6) is 5.75 Å². The second-order valence-electron chi connectivity index (χ2n) is 4.46. The average molecular weight is 265 g/mol. The van der Waals surface area contributed by atoms with E-state index in [0.717, 1.165) is 23.3 Å². The molecular weight excluding hydrogens is 242 g/mol. The van der Waals surface area contributed by atoms with E-state index >= 15 is 0 Å². The molecule has 106 valence electrons. The highest BCUT2D eigenvalue weighted by Crippen LogP contribution is 2.18. The molecule has 0 aliphatic heterocycles. The molecule has 0 radical (unpaired) electrons. The van der Waals surface area contributed by atoms with Gasteiger partial charge in [0.2, 0.25) is 0 Å². The van der Waals surface area contributed by atoms with Crippen molar-refractivity contribution in [1.29, 1.82) is 0 Å². The Morgan fingerprint density at radius 3 is 2.84 bits per heavy atom.